The number of aromatic nitrogens is 4. The number of aryl methyl sites for hydroxylation is 2. The van der Waals surface area contributed by atoms with Gasteiger partial charge in [-0.3, -0.25) is 14.3 Å². The summed E-state index contributed by atoms with van der Waals surface area (Å²) in [5, 5.41) is 11.8. The summed E-state index contributed by atoms with van der Waals surface area (Å²) < 4.78 is 14.1. The third-order valence-corrected chi connectivity index (χ3v) is 5.51. The van der Waals surface area contributed by atoms with Gasteiger partial charge in [0.25, 0.3) is 11.8 Å². The van der Waals surface area contributed by atoms with Crippen molar-refractivity contribution in [1.29, 1.82) is 0 Å². The van der Waals surface area contributed by atoms with E-state index in [1.165, 1.54) is 10.9 Å². The van der Waals surface area contributed by atoms with Gasteiger partial charge in [-0.25, -0.2) is 4.68 Å². The zero-order valence-corrected chi connectivity index (χ0v) is 19.2. The first-order valence-corrected chi connectivity index (χ1v) is 11.0. The zero-order valence-electron chi connectivity index (χ0n) is 18.5. The van der Waals surface area contributed by atoms with Crippen LogP contribution in [0, 0.1) is 6.92 Å². The Balaban J connectivity index is 1.45. The van der Waals surface area contributed by atoms with Crippen LogP contribution < -0.4 is 10.1 Å². The Kier molecular flexibility index (Phi) is 6.95. The van der Waals surface area contributed by atoms with Crippen LogP contribution in [0.3, 0.4) is 0 Å². The molecule has 3 aromatic rings. The number of nitrogens with zero attached hydrogens (tertiary/aromatic N) is 5. The molecule has 0 spiro atoms. The second-order valence-corrected chi connectivity index (χ2v) is 7.94. The fourth-order valence-electron chi connectivity index (χ4n) is 3.46. The molecule has 1 aliphatic heterocycles. The first kappa shape index (κ1) is 22.8. The molecule has 3 heterocycles. The molecule has 2 amide bonds. The number of carbonyl (C=O) groups is 2. The molecule has 33 heavy (non-hydrogen) atoms. The Morgan fingerprint density at radius 2 is 2.03 bits per heavy atom. The highest BCUT2D eigenvalue weighted by Crippen LogP contribution is 2.25. The van der Waals surface area contributed by atoms with Crippen molar-refractivity contribution in [3.8, 4) is 5.75 Å². The molecule has 0 aliphatic carbocycles. The van der Waals surface area contributed by atoms with Crippen LogP contribution in [0.4, 0.5) is 5.69 Å². The highest BCUT2D eigenvalue weighted by molar-refractivity contribution is 6.32. The Morgan fingerprint density at radius 1 is 1.24 bits per heavy atom. The van der Waals surface area contributed by atoms with Crippen molar-refractivity contribution in [2.75, 3.05) is 31.6 Å². The average Bonchev–Trinajstić information content (AvgIpc) is 3.47. The van der Waals surface area contributed by atoms with E-state index < -0.39 is 5.91 Å². The van der Waals surface area contributed by atoms with Gasteiger partial charge < -0.3 is 19.7 Å². The zero-order chi connectivity index (χ0) is 23.4. The molecule has 4 rings (SSSR count). The predicted molar refractivity (Wildman–Crippen MR) is 122 cm³/mol. The summed E-state index contributed by atoms with van der Waals surface area (Å²) in [5.41, 5.74) is 1.88. The van der Waals surface area contributed by atoms with Crippen LogP contribution >= 0.6 is 11.6 Å². The summed E-state index contributed by atoms with van der Waals surface area (Å²) in [6.07, 6.45) is 3.11. The van der Waals surface area contributed by atoms with Crippen LogP contribution in [0.5, 0.6) is 5.75 Å². The van der Waals surface area contributed by atoms with E-state index in [1.807, 2.05) is 26.0 Å². The maximum Gasteiger partial charge on any atom is 0.276 e. The van der Waals surface area contributed by atoms with Gasteiger partial charge in [-0.05, 0) is 37.6 Å². The summed E-state index contributed by atoms with van der Waals surface area (Å²) in [6, 6.07) is 7.06. The van der Waals surface area contributed by atoms with E-state index in [2.05, 4.69) is 15.5 Å². The highest BCUT2D eigenvalue weighted by atomic mass is 35.5. The first-order valence-electron chi connectivity index (χ1n) is 10.6. The van der Waals surface area contributed by atoms with Gasteiger partial charge >= 0.3 is 0 Å². The molecule has 0 atom stereocenters. The quantitative estimate of drug-likeness (QED) is 0.567. The maximum absolute atomic E-state index is 13.1. The Morgan fingerprint density at radius 3 is 2.79 bits per heavy atom. The van der Waals surface area contributed by atoms with Gasteiger partial charge in [-0.2, -0.15) is 10.2 Å². The van der Waals surface area contributed by atoms with Crippen molar-refractivity contribution in [3.63, 3.8) is 0 Å². The monoisotopic (exact) mass is 472 g/mol. The number of amides is 2. The maximum atomic E-state index is 13.1. The molecule has 10 nitrogen and oxygen atoms in total. The van der Waals surface area contributed by atoms with Crippen LogP contribution in [-0.4, -0.2) is 62.6 Å². The van der Waals surface area contributed by atoms with Crippen molar-refractivity contribution in [2.24, 2.45) is 0 Å². The lowest BCUT2D eigenvalue weighted by Crippen LogP contribution is -2.41. The van der Waals surface area contributed by atoms with Gasteiger partial charge in [0.15, 0.2) is 12.4 Å². The van der Waals surface area contributed by atoms with Crippen LogP contribution in [0.2, 0.25) is 5.02 Å². The molecule has 0 radical (unpaired) electrons. The SMILES string of the molecule is CCn1ncc(NC(=O)c2ccn(COc3cc(C)ccc3Cl)n2)c1C(=O)N1CCOCC1. The minimum atomic E-state index is -0.450. The standard InChI is InChI=1S/C22H25ClN6O4/c1-3-29-20(22(31)27-8-10-32-11-9-27)18(13-24-29)25-21(30)17-6-7-28(26-17)14-33-19-12-15(2)4-5-16(19)23/h4-7,12-13H,3,8-11,14H2,1-2H3,(H,25,30). The lowest BCUT2D eigenvalue weighted by molar-refractivity contribution is 0.0295. The van der Waals surface area contributed by atoms with E-state index in [0.29, 0.717) is 55.0 Å². The second-order valence-electron chi connectivity index (χ2n) is 7.53. The van der Waals surface area contributed by atoms with Crippen molar-refractivity contribution in [1.82, 2.24) is 24.5 Å². The third kappa shape index (κ3) is 5.18. The number of morpholine rings is 1. The van der Waals surface area contributed by atoms with E-state index in [9.17, 15) is 9.59 Å². The predicted octanol–water partition coefficient (Wildman–Crippen LogP) is 2.82. The van der Waals surface area contributed by atoms with Gasteiger partial charge in [0.2, 0.25) is 0 Å². The van der Waals surface area contributed by atoms with E-state index in [0.717, 1.165) is 5.56 Å². The van der Waals surface area contributed by atoms with Crippen LogP contribution in [0.25, 0.3) is 0 Å². The molecule has 0 saturated carbocycles. The van der Waals surface area contributed by atoms with Crippen molar-refractivity contribution in [2.45, 2.75) is 27.1 Å². The smallest absolute Gasteiger partial charge is 0.276 e. The van der Waals surface area contributed by atoms with Crippen molar-refractivity contribution < 1.29 is 19.1 Å². The van der Waals surface area contributed by atoms with Crippen molar-refractivity contribution in [3.05, 3.63) is 58.6 Å². The summed E-state index contributed by atoms with van der Waals surface area (Å²) in [7, 11) is 0. The van der Waals surface area contributed by atoms with E-state index >= 15 is 0 Å². The van der Waals surface area contributed by atoms with Gasteiger partial charge in [-0.15, -0.1) is 0 Å². The Labute approximate surface area is 196 Å². The van der Waals surface area contributed by atoms with Crippen LogP contribution in [0.1, 0.15) is 33.5 Å². The molecule has 174 valence electrons. The molecule has 2 aromatic heterocycles. The summed E-state index contributed by atoms with van der Waals surface area (Å²) >= 11 is 6.15. The Hall–Kier alpha value is -3.37. The molecule has 1 aromatic carbocycles. The first-order chi connectivity index (χ1) is 16.0. The minimum Gasteiger partial charge on any atom is -0.470 e. The van der Waals surface area contributed by atoms with Gasteiger partial charge in [0, 0.05) is 25.8 Å². The fourth-order valence-corrected chi connectivity index (χ4v) is 3.63. The molecular weight excluding hydrogens is 448 g/mol. The van der Waals surface area contributed by atoms with Crippen LogP contribution in [-0.2, 0) is 18.0 Å². The topological polar surface area (TPSA) is 104 Å². The van der Waals surface area contributed by atoms with E-state index in [-0.39, 0.29) is 18.3 Å². The van der Waals surface area contributed by atoms with Gasteiger partial charge in [0.1, 0.15) is 11.4 Å². The van der Waals surface area contributed by atoms with E-state index in [4.69, 9.17) is 21.1 Å². The number of ether oxygens (including phenoxy) is 2. The lowest BCUT2D eigenvalue weighted by atomic mass is 10.2. The fraction of sp³-hybridized carbons (Fsp3) is 0.364. The average molecular weight is 473 g/mol. The van der Waals surface area contributed by atoms with Gasteiger partial charge in [0.05, 0.1) is 30.1 Å². The normalized spacial score (nSPS) is 13.7. The summed E-state index contributed by atoms with van der Waals surface area (Å²) in [5.74, 6) is -0.104. The van der Waals surface area contributed by atoms with E-state index in [1.54, 1.807) is 27.9 Å². The number of anilines is 1. The second kappa shape index (κ2) is 10.1. The number of nitrogens with one attached hydrogen (secondary N) is 1. The summed E-state index contributed by atoms with van der Waals surface area (Å²) in [4.78, 5) is 27.6. The molecule has 1 fully saturated rings. The van der Waals surface area contributed by atoms with Crippen LogP contribution in [0.15, 0.2) is 36.7 Å². The number of rotatable bonds is 7. The lowest BCUT2D eigenvalue weighted by Gasteiger charge is -2.27. The number of hydrogen-bond acceptors (Lipinski definition) is 6. The molecule has 0 unspecified atom stereocenters. The molecule has 1 aliphatic rings. The number of carbonyl (C=O) groups excluding carboxylic acids is 2. The molecule has 1 N–H and O–H groups in total. The summed E-state index contributed by atoms with van der Waals surface area (Å²) in [6.45, 7) is 6.38. The number of hydrogen-bond donors (Lipinski definition) is 1. The highest BCUT2D eigenvalue weighted by Gasteiger charge is 2.26. The number of benzene rings is 1. The Bertz CT molecular complexity index is 1150. The third-order valence-electron chi connectivity index (χ3n) is 5.20. The minimum absolute atomic E-state index is 0.0883. The van der Waals surface area contributed by atoms with Crippen molar-refractivity contribution >= 4 is 29.1 Å². The molecule has 11 heteroatoms. The molecular formula is C22H25ClN6O4. The largest absolute Gasteiger partial charge is 0.470 e. The van der Waals surface area contributed by atoms with Gasteiger partial charge in [-0.1, -0.05) is 17.7 Å². The molecule has 1 saturated heterocycles. The number of halogens is 1. The molecule has 0 bridgehead atoms.